The molecule has 3 aliphatic rings. The molecule has 5 nitrogen and oxygen atoms in total. The number of hydrogen-bond donors (Lipinski definition) is 1. The summed E-state index contributed by atoms with van der Waals surface area (Å²) in [6.45, 7) is 10.7. The van der Waals surface area contributed by atoms with Crippen molar-refractivity contribution in [3.63, 3.8) is 0 Å². The van der Waals surface area contributed by atoms with Crippen molar-refractivity contribution >= 4 is 17.0 Å². The second kappa shape index (κ2) is 10.7. The minimum atomic E-state index is -0.0111. The minimum absolute atomic E-state index is 0.0111. The lowest BCUT2D eigenvalue weighted by atomic mass is 9.72. The number of anilines is 1. The predicted molar refractivity (Wildman–Crippen MR) is 144 cm³/mol. The number of rotatable bonds is 8. The number of pyridine rings is 1. The molecule has 1 saturated carbocycles. The van der Waals surface area contributed by atoms with E-state index in [1.807, 2.05) is 6.20 Å². The van der Waals surface area contributed by atoms with Gasteiger partial charge in [0.2, 0.25) is 0 Å². The molecule has 2 unspecified atom stereocenters. The Bertz CT molecular complexity index is 1040. The van der Waals surface area contributed by atoms with E-state index in [2.05, 4.69) is 37.0 Å². The average molecular weight is 478 g/mol. The van der Waals surface area contributed by atoms with E-state index in [9.17, 15) is 4.79 Å². The van der Waals surface area contributed by atoms with E-state index >= 15 is 0 Å². The van der Waals surface area contributed by atoms with Gasteiger partial charge in [0.15, 0.2) is 5.78 Å². The molecule has 1 fully saturated rings. The lowest BCUT2D eigenvalue weighted by Gasteiger charge is -2.35. The number of Topliss-reactive ketones (excluding diaryl/α,β-unsaturated/α-hetero) is 1. The average Bonchev–Trinajstić information content (AvgIpc) is 3.17. The van der Waals surface area contributed by atoms with Gasteiger partial charge in [0.1, 0.15) is 0 Å². The fourth-order valence-corrected chi connectivity index (χ4v) is 6.50. The summed E-state index contributed by atoms with van der Waals surface area (Å²) in [6, 6.07) is 2.17. The monoisotopic (exact) mass is 477 g/mol. The van der Waals surface area contributed by atoms with Gasteiger partial charge < -0.3 is 15.4 Å². The summed E-state index contributed by atoms with van der Waals surface area (Å²) < 4.78 is 5.58. The fraction of sp³-hybridized carbons (Fsp3) is 0.600. The highest BCUT2D eigenvalue weighted by Gasteiger charge is 2.37. The standard InChI is InChI=1S/C30H43N3O2/c1-6-25-14-23(12-13-30(25,4)19-35-5)26-18-33(17-22-10-8-7-9-11-22)27-15-24(16-32-29(26)27)28(20(2)31)21(3)34/h12,14-16,22,26H,6-11,13,17-19,31H2,1-5H3. The molecule has 2 atom stereocenters. The van der Waals surface area contributed by atoms with Crippen LogP contribution in [0.1, 0.15) is 89.8 Å². The Labute approximate surface area is 211 Å². The zero-order chi connectivity index (χ0) is 25.2. The van der Waals surface area contributed by atoms with Crippen molar-refractivity contribution in [1.29, 1.82) is 0 Å². The Hall–Kier alpha value is -2.40. The van der Waals surface area contributed by atoms with E-state index in [4.69, 9.17) is 15.5 Å². The molecular weight excluding hydrogens is 434 g/mol. The third kappa shape index (κ3) is 5.25. The summed E-state index contributed by atoms with van der Waals surface area (Å²) in [5.74, 6) is 0.966. The number of ether oxygens (including phenoxy) is 1. The molecule has 2 aliphatic carbocycles. The smallest absolute Gasteiger partial charge is 0.162 e. The first kappa shape index (κ1) is 25.7. The molecule has 1 aromatic rings. The van der Waals surface area contributed by atoms with Crippen LogP contribution in [0.15, 0.2) is 41.3 Å². The molecule has 35 heavy (non-hydrogen) atoms. The van der Waals surface area contributed by atoms with Crippen LogP contribution in [0.2, 0.25) is 0 Å². The van der Waals surface area contributed by atoms with E-state index in [1.54, 1.807) is 21.0 Å². The number of carbonyl (C=O) groups is 1. The molecule has 4 rings (SSSR count). The van der Waals surface area contributed by atoms with E-state index in [0.29, 0.717) is 11.3 Å². The summed E-state index contributed by atoms with van der Waals surface area (Å²) in [5.41, 5.74) is 13.3. The number of nitrogens with zero attached hydrogens (tertiary/aromatic N) is 2. The predicted octanol–water partition coefficient (Wildman–Crippen LogP) is 6.16. The zero-order valence-corrected chi connectivity index (χ0v) is 22.3. The lowest BCUT2D eigenvalue weighted by Crippen LogP contribution is -2.31. The van der Waals surface area contributed by atoms with Crippen molar-refractivity contribution in [2.45, 2.75) is 78.6 Å². The van der Waals surface area contributed by atoms with E-state index < -0.39 is 0 Å². The normalized spacial score (nSPS) is 25.6. The molecule has 0 saturated heterocycles. The second-order valence-electron chi connectivity index (χ2n) is 11.1. The van der Waals surface area contributed by atoms with Gasteiger partial charge >= 0.3 is 0 Å². The number of aromatic nitrogens is 1. The maximum Gasteiger partial charge on any atom is 0.162 e. The van der Waals surface area contributed by atoms with Gasteiger partial charge in [0.25, 0.3) is 0 Å². The van der Waals surface area contributed by atoms with Crippen LogP contribution in [0, 0.1) is 11.3 Å². The van der Waals surface area contributed by atoms with Crippen LogP contribution >= 0.6 is 0 Å². The topological polar surface area (TPSA) is 68.5 Å². The number of allylic oxidation sites excluding steroid dienone is 4. The van der Waals surface area contributed by atoms with Crippen LogP contribution in [0.25, 0.3) is 5.57 Å². The van der Waals surface area contributed by atoms with Crippen molar-refractivity contribution in [3.8, 4) is 0 Å². The van der Waals surface area contributed by atoms with Crippen LogP contribution in [0.4, 0.5) is 5.69 Å². The Balaban J connectivity index is 1.71. The van der Waals surface area contributed by atoms with E-state index in [0.717, 1.165) is 49.7 Å². The molecule has 5 heteroatoms. The van der Waals surface area contributed by atoms with Crippen molar-refractivity contribution in [1.82, 2.24) is 4.98 Å². The zero-order valence-electron chi connectivity index (χ0n) is 22.3. The van der Waals surface area contributed by atoms with Gasteiger partial charge in [-0.3, -0.25) is 9.78 Å². The van der Waals surface area contributed by atoms with Crippen molar-refractivity contribution in [3.05, 3.63) is 52.5 Å². The molecule has 0 radical (unpaired) electrons. The quantitative estimate of drug-likeness (QED) is 0.454. The molecule has 2 heterocycles. The molecule has 2 N–H and O–H groups in total. The maximum atomic E-state index is 12.4. The molecule has 0 aromatic carbocycles. The first-order chi connectivity index (χ1) is 16.8. The van der Waals surface area contributed by atoms with Crippen molar-refractivity contribution in [2.24, 2.45) is 17.1 Å². The highest BCUT2D eigenvalue weighted by atomic mass is 16.5. The molecule has 1 aliphatic heterocycles. The number of carbonyl (C=O) groups excluding carboxylic acids is 1. The largest absolute Gasteiger partial charge is 0.402 e. The van der Waals surface area contributed by atoms with Crippen molar-refractivity contribution < 1.29 is 9.53 Å². The molecule has 190 valence electrons. The first-order valence-corrected chi connectivity index (χ1v) is 13.4. The van der Waals surface area contributed by atoms with Gasteiger partial charge in [-0.05, 0) is 57.1 Å². The van der Waals surface area contributed by atoms with E-state index in [-0.39, 0.29) is 17.1 Å². The van der Waals surface area contributed by atoms with Gasteiger partial charge in [0, 0.05) is 54.6 Å². The molecule has 0 bridgehead atoms. The Morgan fingerprint density at radius 2 is 2.00 bits per heavy atom. The van der Waals surface area contributed by atoms with Gasteiger partial charge in [-0.1, -0.05) is 50.8 Å². The van der Waals surface area contributed by atoms with E-state index in [1.165, 1.54) is 48.9 Å². The second-order valence-corrected chi connectivity index (χ2v) is 11.1. The summed E-state index contributed by atoms with van der Waals surface area (Å²) in [4.78, 5) is 19.9. The van der Waals surface area contributed by atoms with Crippen LogP contribution < -0.4 is 10.6 Å². The first-order valence-electron chi connectivity index (χ1n) is 13.4. The summed E-state index contributed by atoms with van der Waals surface area (Å²) >= 11 is 0. The summed E-state index contributed by atoms with van der Waals surface area (Å²) in [5, 5.41) is 0. The summed E-state index contributed by atoms with van der Waals surface area (Å²) in [7, 11) is 1.79. The lowest BCUT2D eigenvalue weighted by molar-refractivity contribution is -0.111. The molecule has 0 spiro atoms. The van der Waals surface area contributed by atoms with Crippen LogP contribution in [0.3, 0.4) is 0 Å². The Kier molecular flexibility index (Phi) is 7.85. The van der Waals surface area contributed by atoms with Gasteiger partial charge in [0.05, 0.1) is 18.0 Å². The molecule has 0 amide bonds. The number of ketones is 1. The number of methoxy groups -OCH3 is 1. The van der Waals surface area contributed by atoms with Crippen molar-refractivity contribution in [2.75, 3.05) is 31.7 Å². The fourth-order valence-electron chi connectivity index (χ4n) is 6.50. The molecular formula is C30H43N3O2. The highest BCUT2D eigenvalue weighted by molar-refractivity contribution is 6.20. The highest BCUT2D eigenvalue weighted by Crippen LogP contribution is 2.46. The maximum absolute atomic E-state index is 12.4. The summed E-state index contributed by atoms with van der Waals surface area (Å²) in [6.07, 6.45) is 15.4. The third-order valence-corrected chi connectivity index (χ3v) is 8.36. The van der Waals surface area contributed by atoms with Crippen LogP contribution in [-0.4, -0.2) is 37.6 Å². The van der Waals surface area contributed by atoms with Crippen LogP contribution in [0.5, 0.6) is 0 Å². The SMILES string of the molecule is CCC1=CC(C2CN(CC3CCCCC3)c3cc(C(C(C)=O)=C(C)N)cnc32)=CCC1(C)COC. The van der Waals surface area contributed by atoms with Gasteiger partial charge in [-0.2, -0.15) is 0 Å². The third-order valence-electron chi connectivity index (χ3n) is 8.36. The Morgan fingerprint density at radius 1 is 1.26 bits per heavy atom. The van der Waals surface area contributed by atoms with Gasteiger partial charge in [-0.25, -0.2) is 0 Å². The molecule has 1 aromatic heterocycles. The minimum Gasteiger partial charge on any atom is -0.402 e. The van der Waals surface area contributed by atoms with Gasteiger partial charge in [-0.15, -0.1) is 0 Å². The Morgan fingerprint density at radius 3 is 2.63 bits per heavy atom. The number of hydrogen-bond acceptors (Lipinski definition) is 5. The van der Waals surface area contributed by atoms with Crippen LogP contribution in [-0.2, 0) is 9.53 Å². The number of nitrogens with two attached hydrogens (primary N) is 1. The number of fused-ring (bicyclic) bond motifs is 1.